The molecule has 0 bridgehead atoms. The van der Waals surface area contributed by atoms with E-state index in [9.17, 15) is 0 Å². The predicted octanol–water partition coefficient (Wildman–Crippen LogP) is 2.24. The van der Waals surface area contributed by atoms with Gasteiger partial charge in [0, 0.05) is 12.6 Å². The second-order valence-corrected chi connectivity index (χ2v) is 4.85. The monoisotopic (exact) mass is 198 g/mol. The summed E-state index contributed by atoms with van der Waals surface area (Å²) in [5.41, 5.74) is 6.22. The van der Waals surface area contributed by atoms with Crippen molar-refractivity contribution in [3.05, 3.63) is 0 Å². The van der Waals surface area contributed by atoms with Crippen molar-refractivity contribution in [3.8, 4) is 0 Å². The lowest BCUT2D eigenvalue weighted by Crippen LogP contribution is -2.34. The molecule has 1 aliphatic heterocycles. The smallest absolute Gasteiger partial charge is 0.00791 e. The zero-order valence-corrected chi connectivity index (χ0v) is 10.1. The second kappa shape index (κ2) is 5.13. The summed E-state index contributed by atoms with van der Waals surface area (Å²) < 4.78 is 0. The fourth-order valence-corrected chi connectivity index (χ4v) is 2.60. The molecule has 0 aromatic carbocycles. The molecule has 1 heterocycles. The molecule has 0 aromatic heterocycles. The molecule has 2 nitrogen and oxygen atoms in total. The van der Waals surface area contributed by atoms with Crippen LogP contribution in [0.1, 0.15) is 46.5 Å². The lowest BCUT2D eigenvalue weighted by atomic mass is 9.82. The van der Waals surface area contributed by atoms with E-state index in [0.717, 1.165) is 13.0 Å². The van der Waals surface area contributed by atoms with Crippen LogP contribution in [-0.2, 0) is 0 Å². The number of rotatable bonds is 5. The van der Waals surface area contributed by atoms with Crippen molar-refractivity contribution >= 4 is 0 Å². The maximum Gasteiger partial charge on any atom is 0.00791 e. The topological polar surface area (TPSA) is 29.3 Å². The SMILES string of the molecule is CCC1(CC)CCN(C(C)CCN)C1. The van der Waals surface area contributed by atoms with Gasteiger partial charge in [-0.15, -0.1) is 0 Å². The van der Waals surface area contributed by atoms with Gasteiger partial charge in [-0.3, -0.25) is 0 Å². The molecule has 0 amide bonds. The van der Waals surface area contributed by atoms with Gasteiger partial charge in [-0.25, -0.2) is 0 Å². The number of nitrogens with zero attached hydrogens (tertiary/aromatic N) is 1. The van der Waals surface area contributed by atoms with E-state index in [4.69, 9.17) is 5.73 Å². The Bertz CT molecular complexity index is 164. The summed E-state index contributed by atoms with van der Waals surface area (Å²) in [5, 5.41) is 0. The van der Waals surface area contributed by atoms with Gasteiger partial charge in [0.05, 0.1) is 0 Å². The maximum absolute atomic E-state index is 5.60. The normalized spacial score (nSPS) is 24.0. The molecule has 1 saturated heterocycles. The molecule has 84 valence electrons. The van der Waals surface area contributed by atoms with Gasteiger partial charge in [0.1, 0.15) is 0 Å². The van der Waals surface area contributed by atoms with Crippen molar-refractivity contribution in [2.24, 2.45) is 11.1 Å². The number of nitrogens with two attached hydrogens (primary N) is 1. The van der Waals surface area contributed by atoms with Gasteiger partial charge >= 0.3 is 0 Å². The molecular weight excluding hydrogens is 172 g/mol. The van der Waals surface area contributed by atoms with Crippen LogP contribution in [0.5, 0.6) is 0 Å². The summed E-state index contributed by atoms with van der Waals surface area (Å²) >= 11 is 0. The van der Waals surface area contributed by atoms with Gasteiger partial charge in [-0.05, 0) is 51.1 Å². The molecule has 0 aromatic rings. The molecule has 0 radical (unpaired) electrons. The Morgan fingerprint density at radius 2 is 2.00 bits per heavy atom. The van der Waals surface area contributed by atoms with Gasteiger partial charge in [0.25, 0.3) is 0 Å². The van der Waals surface area contributed by atoms with Gasteiger partial charge in [-0.1, -0.05) is 13.8 Å². The van der Waals surface area contributed by atoms with Crippen molar-refractivity contribution in [1.29, 1.82) is 0 Å². The Kier molecular flexibility index (Phi) is 4.39. The van der Waals surface area contributed by atoms with Crippen LogP contribution < -0.4 is 5.73 Å². The van der Waals surface area contributed by atoms with E-state index in [0.29, 0.717) is 11.5 Å². The van der Waals surface area contributed by atoms with Gasteiger partial charge in [0.2, 0.25) is 0 Å². The highest BCUT2D eigenvalue weighted by Crippen LogP contribution is 2.37. The average molecular weight is 198 g/mol. The Hall–Kier alpha value is -0.0800. The van der Waals surface area contributed by atoms with E-state index in [1.807, 2.05) is 0 Å². The molecular formula is C12H26N2. The van der Waals surface area contributed by atoms with E-state index < -0.39 is 0 Å². The average Bonchev–Trinajstić information content (AvgIpc) is 2.63. The van der Waals surface area contributed by atoms with E-state index in [1.165, 1.54) is 32.4 Å². The molecule has 1 atom stereocenters. The quantitative estimate of drug-likeness (QED) is 0.734. The van der Waals surface area contributed by atoms with Crippen LogP contribution in [0.4, 0.5) is 0 Å². The van der Waals surface area contributed by atoms with Crippen LogP contribution >= 0.6 is 0 Å². The fourth-order valence-electron chi connectivity index (χ4n) is 2.60. The van der Waals surface area contributed by atoms with Crippen molar-refractivity contribution in [3.63, 3.8) is 0 Å². The number of hydrogen-bond acceptors (Lipinski definition) is 2. The molecule has 2 N–H and O–H groups in total. The largest absolute Gasteiger partial charge is 0.330 e. The van der Waals surface area contributed by atoms with Crippen molar-refractivity contribution in [2.45, 2.75) is 52.5 Å². The minimum atomic E-state index is 0.614. The molecule has 1 unspecified atom stereocenters. The van der Waals surface area contributed by atoms with Crippen LogP contribution in [0.3, 0.4) is 0 Å². The molecule has 0 saturated carbocycles. The van der Waals surface area contributed by atoms with E-state index in [2.05, 4.69) is 25.7 Å². The first kappa shape index (κ1) is 12.0. The van der Waals surface area contributed by atoms with Gasteiger partial charge in [-0.2, -0.15) is 0 Å². The van der Waals surface area contributed by atoms with E-state index in [1.54, 1.807) is 0 Å². The first-order valence-corrected chi connectivity index (χ1v) is 6.11. The maximum atomic E-state index is 5.60. The molecule has 0 spiro atoms. The summed E-state index contributed by atoms with van der Waals surface area (Å²) in [5.74, 6) is 0. The third-order valence-corrected chi connectivity index (χ3v) is 4.18. The molecule has 14 heavy (non-hydrogen) atoms. The summed E-state index contributed by atoms with van der Waals surface area (Å²) in [4.78, 5) is 2.62. The highest BCUT2D eigenvalue weighted by molar-refractivity contribution is 4.89. The molecule has 2 heteroatoms. The number of likely N-dealkylation sites (tertiary alicyclic amines) is 1. The molecule has 0 aliphatic carbocycles. The molecule has 1 fully saturated rings. The Morgan fingerprint density at radius 3 is 2.43 bits per heavy atom. The minimum Gasteiger partial charge on any atom is -0.330 e. The lowest BCUT2D eigenvalue weighted by Gasteiger charge is -2.29. The number of hydrogen-bond donors (Lipinski definition) is 1. The van der Waals surface area contributed by atoms with E-state index >= 15 is 0 Å². The van der Waals surface area contributed by atoms with Crippen LogP contribution in [0.2, 0.25) is 0 Å². The van der Waals surface area contributed by atoms with Crippen molar-refractivity contribution in [1.82, 2.24) is 4.90 Å². The highest BCUT2D eigenvalue weighted by Gasteiger charge is 2.36. The third-order valence-electron chi connectivity index (χ3n) is 4.18. The Labute approximate surface area is 88.8 Å². The van der Waals surface area contributed by atoms with Crippen LogP contribution in [-0.4, -0.2) is 30.6 Å². The summed E-state index contributed by atoms with van der Waals surface area (Å²) in [6.45, 7) is 10.4. The van der Waals surface area contributed by atoms with Gasteiger partial charge in [0.15, 0.2) is 0 Å². The zero-order chi connectivity index (χ0) is 10.6. The summed E-state index contributed by atoms with van der Waals surface area (Å²) in [7, 11) is 0. The highest BCUT2D eigenvalue weighted by atomic mass is 15.2. The predicted molar refractivity (Wildman–Crippen MR) is 62.3 cm³/mol. The van der Waals surface area contributed by atoms with Crippen LogP contribution in [0.25, 0.3) is 0 Å². The standard InChI is InChI=1S/C12H26N2/c1-4-12(5-2)7-9-14(10-12)11(3)6-8-13/h11H,4-10,13H2,1-3H3. The molecule has 1 rings (SSSR count). The van der Waals surface area contributed by atoms with Crippen LogP contribution in [0.15, 0.2) is 0 Å². The van der Waals surface area contributed by atoms with Crippen molar-refractivity contribution in [2.75, 3.05) is 19.6 Å². The van der Waals surface area contributed by atoms with Crippen molar-refractivity contribution < 1.29 is 0 Å². The second-order valence-electron chi connectivity index (χ2n) is 4.85. The Balaban J connectivity index is 2.46. The van der Waals surface area contributed by atoms with Gasteiger partial charge < -0.3 is 10.6 Å². The summed E-state index contributed by atoms with van der Waals surface area (Å²) in [6, 6.07) is 0.681. The third kappa shape index (κ3) is 2.48. The first-order valence-electron chi connectivity index (χ1n) is 6.11. The fraction of sp³-hybridized carbons (Fsp3) is 1.00. The molecule has 1 aliphatic rings. The summed E-state index contributed by atoms with van der Waals surface area (Å²) in [6.07, 6.45) is 5.18. The van der Waals surface area contributed by atoms with E-state index in [-0.39, 0.29) is 0 Å². The first-order chi connectivity index (χ1) is 6.67. The minimum absolute atomic E-state index is 0.614. The Morgan fingerprint density at radius 1 is 1.36 bits per heavy atom. The van der Waals surface area contributed by atoms with Crippen LogP contribution in [0, 0.1) is 5.41 Å². The lowest BCUT2D eigenvalue weighted by molar-refractivity contribution is 0.197. The zero-order valence-electron chi connectivity index (χ0n) is 10.1.